The van der Waals surface area contributed by atoms with Gasteiger partial charge in [0.1, 0.15) is 5.82 Å². The van der Waals surface area contributed by atoms with E-state index in [4.69, 9.17) is 25.9 Å². The first kappa shape index (κ1) is 22.6. The molecule has 4 N–H and O–H groups in total. The van der Waals surface area contributed by atoms with Crippen molar-refractivity contribution < 1.29 is 14.3 Å². The highest BCUT2D eigenvalue weighted by Gasteiger charge is 2.32. The number of hydrogen-bond donors (Lipinski definition) is 2. The highest BCUT2D eigenvalue weighted by molar-refractivity contribution is 5.91. The van der Waals surface area contributed by atoms with Crippen molar-refractivity contribution in [1.82, 2.24) is 14.9 Å². The molecule has 1 fully saturated rings. The van der Waals surface area contributed by atoms with Gasteiger partial charge < -0.3 is 25.8 Å². The van der Waals surface area contributed by atoms with Gasteiger partial charge in [0.05, 0.1) is 32.3 Å². The average molecular weight is 451 g/mol. The Bertz CT molecular complexity index is 1180. The number of primary amides is 1. The molecule has 1 aliphatic rings. The highest BCUT2D eigenvalue weighted by atomic mass is 16.5. The quantitative estimate of drug-likeness (QED) is 0.586. The minimum absolute atomic E-state index is 0.0293. The first-order valence-corrected chi connectivity index (χ1v) is 10.8. The van der Waals surface area contributed by atoms with Crippen molar-refractivity contribution in [1.29, 1.82) is 0 Å². The van der Waals surface area contributed by atoms with E-state index in [1.165, 1.54) is 16.7 Å². The Morgan fingerprint density at radius 2 is 1.76 bits per heavy atom. The summed E-state index contributed by atoms with van der Waals surface area (Å²) in [7, 11) is 3.16. The largest absolute Gasteiger partial charge is 0.493 e. The molecule has 1 aromatic heterocycles. The van der Waals surface area contributed by atoms with Crippen LogP contribution in [0.2, 0.25) is 0 Å². The lowest BCUT2D eigenvalue weighted by Gasteiger charge is -2.42. The number of nitrogens with zero attached hydrogens (tertiary/aromatic N) is 4. The van der Waals surface area contributed by atoms with Gasteiger partial charge in [-0.3, -0.25) is 9.69 Å². The molecule has 1 amide bonds. The molecule has 1 aliphatic heterocycles. The van der Waals surface area contributed by atoms with Gasteiger partial charge in [0.2, 0.25) is 11.9 Å². The SMILES string of the molecule is COc1cc2nc(N3CCN(CC(N)=O)C(c4c(C)cccc4C)C3)nc(N)c2cc1OC. The summed E-state index contributed by atoms with van der Waals surface area (Å²) in [6.07, 6.45) is 0. The second-order valence-electron chi connectivity index (χ2n) is 8.34. The predicted octanol–water partition coefficient (Wildman–Crippen LogP) is 2.19. The van der Waals surface area contributed by atoms with Crippen LogP contribution < -0.4 is 25.8 Å². The molecule has 4 rings (SSSR count). The monoisotopic (exact) mass is 450 g/mol. The van der Waals surface area contributed by atoms with Crippen molar-refractivity contribution in [2.75, 3.05) is 51.0 Å². The van der Waals surface area contributed by atoms with Gasteiger partial charge in [0.15, 0.2) is 11.5 Å². The maximum absolute atomic E-state index is 11.8. The molecule has 1 atom stereocenters. The molecule has 9 heteroatoms. The molecule has 0 aliphatic carbocycles. The number of piperazine rings is 1. The van der Waals surface area contributed by atoms with Crippen LogP contribution in [0.4, 0.5) is 11.8 Å². The summed E-state index contributed by atoms with van der Waals surface area (Å²) >= 11 is 0. The smallest absolute Gasteiger partial charge is 0.231 e. The number of carbonyl (C=O) groups is 1. The zero-order valence-electron chi connectivity index (χ0n) is 19.5. The number of ether oxygens (including phenoxy) is 2. The van der Waals surface area contributed by atoms with Gasteiger partial charge in [0.25, 0.3) is 0 Å². The zero-order valence-corrected chi connectivity index (χ0v) is 19.5. The highest BCUT2D eigenvalue weighted by Crippen LogP contribution is 2.36. The first-order chi connectivity index (χ1) is 15.8. The first-order valence-electron chi connectivity index (χ1n) is 10.8. The lowest BCUT2D eigenvalue weighted by atomic mass is 9.93. The molecule has 174 valence electrons. The predicted molar refractivity (Wildman–Crippen MR) is 129 cm³/mol. The number of carbonyl (C=O) groups excluding carboxylic acids is 1. The Labute approximate surface area is 193 Å². The van der Waals surface area contributed by atoms with Crippen LogP contribution >= 0.6 is 0 Å². The molecule has 1 unspecified atom stereocenters. The fraction of sp³-hybridized carbons (Fsp3) is 0.375. The summed E-state index contributed by atoms with van der Waals surface area (Å²) < 4.78 is 10.8. The van der Waals surface area contributed by atoms with Gasteiger partial charge in [0, 0.05) is 31.1 Å². The number of nitrogens with two attached hydrogens (primary N) is 2. The van der Waals surface area contributed by atoms with Gasteiger partial charge in [-0.15, -0.1) is 0 Å². The number of fused-ring (bicyclic) bond motifs is 1. The molecule has 3 aromatic rings. The number of rotatable bonds is 6. The van der Waals surface area contributed by atoms with Gasteiger partial charge >= 0.3 is 0 Å². The van der Waals surface area contributed by atoms with E-state index in [9.17, 15) is 4.79 Å². The maximum Gasteiger partial charge on any atom is 0.231 e. The van der Waals surface area contributed by atoms with E-state index in [0.29, 0.717) is 53.8 Å². The molecular formula is C24H30N6O3. The fourth-order valence-electron chi connectivity index (χ4n) is 4.63. The van der Waals surface area contributed by atoms with E-state index in [-0.39, 0.29) is 18.5 Å². The van der Waals surface area contributed by atoms with Crippen LogP contribution in [0.1, 0.15) is 22.7 Å². The van der Waals surface area contributed by atoms with E-state index in [1.807, 2.05) is 12.1 Å². The Hall–Kier alpha value is -3.59. The summed E-state index contributed by atoms with van der Waals surface area (Å²) in [5.74, 6) is 1.73. The third kappa shape index (κ3) is 4.36. The van der Waals surface area contributed by atoms with E-state index >= 15 is 0 Å². The number of nitrogen functional groups attached to an aromatic ring is 1. The van der Waals surface area contributed by atoms with Crippen molar-refractivity contribution in [2.24, 2.45) is 5.73 Å². The fourth-order valence-corrected chi connectivity index (χ4v) is 4.63. The van der Waals surface area contributed by atoms with Crippen LogP contribution in [0, 0.1) is 13.8 Å². The van der Waals surface area contributed by atoms with Crippen LogP contribution in [0.15, 0.2) is 30.3 Å². The molecule has 2 heterocycles. The summed E-state index contributed by atoms with van der Waals surface area (Å²) in [6.45, 7) is 6.28. The Morgan fingerprint density at radius 1 is 1.09 bits per heavy atom. The van der Waals surface area contributed by atoms with Crippen LogP contribution in [-0.2, 0) is 4.79 Å². The van der Waals surface area contributed by atoms with E-state index in [1.54, 1.807) is 20.3 Å². The number of methoxy groups -OCH3 is 2. The topological polar surface area (TPSA) is 120 Å². The van der Waals surface area contributed by atoms with Crippen LogP contribution in [0.3, 0.4) is 0 Å². The van der Waals surface area contributed by atoms with Crippen molar-refractivity contribution in [3.8, 4) is 11.5 Å². The Morgan fingerprint density at radius 3 is 2.39 bits per heavy atom. The number of aryl methyl sites for hydroxylation is 2. The number of anilines is 2. The number of benzene rings is 2. The normalized spacial score (nSPS) is 16.7. The molecule has 0 saturated carbocycles. The zero-order chi connectivity index (χ0) is 23.7. The molecule has 0 radical (unpaired) electrons. The van der Waals surface area contributed by atoms with Crippen molar-refractivity contribution >= 4 is 28.6 Å². The number of amides is 1. The molecule has 0 bridgehead atoms. The van der Waals surface area contributed by atoms with Gasteiger partial charge in [-0.1, -0.05) is 18.2 Å². The standard InChI is InChI=1S/C24H30N6O3/c1-14-6-5-7-15(2)22(14)18-12-30(9-8-29(18)13-21(25)31)24-27-17-11-20(33-4)19(32-3)10-16(17)23(26)28-24/h5-7,10-11,18H,8-9,12-13H2,1-4H3,(H2,25,31)(H2,26,27,28). The summed E-state index contributed by atoms with van der Waals surface area (Å²) in [4.78, 5) is 25.4. The summed E-state index contributed by atoms with van der Waals surface area (Å²) in [5.41, 5.74) is 16.1. The van der Waals surface area contributed by atoms with Gasteiger partial charge in [-0.05, 0) is 36.6 Å². The van der Waals surface area contributed by atoms with Crippen molar-refractivity contribution in [3.05, 3.63) is 47.0 Å². The number of aromatic nitrogens is 2. The molecule has 0 spiro atoms. The second kappa shape index (κ2) is 9.11. The van der Waals surface area contributed by atoms with Crippen LogP contribution in [0.5, 0.6) is 11.5 Å². The average Bonchev–Trinajstić information content (AvgIpc) is 2.78. The molecule has 2 aromatic carbocycles. The lowest BCUT2D eigenvalue weighted by molar-refractivity contribution is -0.119. The third-order valence-electron chi connectivity index (χ3n) is 6.23. The van der Waals surface area contributed by atoms with Gasteiger partial charge in [-0.25, -0.2) is 4.98 Å². The third-order valence-corrected chi connectivity index (χ3v) is 6.23. The van der Waals surface area contributed by atoms with E-state index < -0.39 is 0 Å². The second-order valence-corrected chi connectivity index (χ2v) is 8.34. The summed E-state index contributed by atoms with van der Waals surface area (Å²) in [5, 5.41) is 0.704. The minimum Gasteiger partial charge on any atom is -0.493 e. The van der Waals surface area contributed by atoms with Crippen molar-refractivity contribution in [3.63, 3.8) is 0 Å². The Kier molecular flexibility index (Phi) is 6.24. The van der Waals surface area contributed by atoms with Crippen LogP contribution in [-0.4, -0.2) is 61.2 Å². The minimum atomic E-state index is -0.341. The maximum atomic E-state index is 11.8. The van der Waals surface area contributed by atoms with E-state index in [2.05, 4.69) is 40.8 Å². The lowest BCUT2D eigenvalue weighted by Crippen LogP contribution is -2.51. The summed E-state index contributed by atoms with van der Waals surface area (Å²) in [6, 6.07) is 9.79. The van der Waals surface area contributed by atoms with Crippen LogP contribution in [0.25, 0.3) is 10.9 Å². The Balaban J connectivity index is 1.74. The molecule has 9 nitrogen and oxygen atoms in total. The molecular weight excluding hydrogens is 420 g/mol. The van der Waals surface area contributed by atoms with Gasteiger partial charge in [-0.2, -0.15) is 4.98 Å². The molecule has 33 heavy (non-hydrogen) atoms. The van der Waals surface area contributed by atoms with Crippen molar-refractivity contribution in [2.45, 2.75) is 19.9 Å². The number of hydrogen-bond acceptors (Lipinski definition) is 8. The van der Waals surface area contributed by atoms with E-state index in [0.717, 1.165) is 0 Å². The molecule has 1 saturated heterocycles.